The summed E-state index contributed by atoms with van der Waals surface area (Å²) in [5.74, 6) is 0. The Kier molecular flexibility index (Phi) is 3.87. The second kappa shape index (κ2) is 5.21. The van der Waals surface area contributed by atoms with E-state index in [0.717, 1.165) is 6.42 Å². The standard InChI is InChI=1S/C14H25N3/c1-10-6-5-7-13(15-10)8-9-14-11(2)16-17(4)12(14)3/h10,13,15H,5-9H2,1-4H3. The van der Waals surface area contributed by atoms with E-state index in [1.165, 1.54) is 42.6 Å². The van der Waals surface area contributed by atoms with E-state index in [4.69, 9.17) is 0 Å². The summed E-state index contributed by atoms with van der Waals surface area (Å²) in [6, 6.07) is 1.41. The molecule has 2 rings (SSSR count). The van der Waals surface area contributed by atoms with Crippen LogP contribution in [0.3, 0.4) is 0 Å². The highest BCUT2D eigenvalue weighted by atomic mass is 15.3. The first kappa shape index (κ1) is 12.6. The van der Waals surface area contributed by atoms with Crippen LogP contribution in [-0.4, -0.2) is 21.9 Å². The molecule has 0 bridgehead atoms. The van der Waals surface area contributed by atoms with Gasteiger partial charge in [-0.25, -0.2) is 0 Å². The van der Waals surface area contributed by atoms with Crippen LogP contribution in [0.4, 0.5) is 0 Å². The van der Waals surface area contributed by atoms with E-state index in [1.54, 1.807) is 0 Å². The van der Waals surface area contributed by atoms with Crippen molar-refractivity contribution in [2.24, 2.45) is 7.05 Å². The second-order valence-corrected chi connectivity index (χ2v) is 5.51. The third-order valence-corrected chi connectivity index (χ3v) is 4.11. The maximum atomic E-state index is 4.49. The lowest BCUT2D eigenvalue weighted by Gasteiger charge is -2.28. The zero-order valence-electron chi connectivity index (χ0n) is 11.6. The molecular weight excluding hydrogens is 210 g/mol. The van der Waals surface area contributed by atoms with Crippen LogP contribution >= 0.6 is 0 Å². The van der Waals surface area contributed by atoms with Crippen molar-refractivity contribution in [1.82, 2.24) is 15.1 Å². The lowest BCUT2D eigenvalue weighted by Crippen LogP contribution is -2.40. The van der Waals surface area contributed by atoms with Crippen molar-refractivity contribution in [3.05, 3.63) is 17.0 Å². The van der Waals surface area contributed by atoms with Gasteiger partial charge in [0.05, 0.1) is 5.69 Å². The normalized spacial score (nSPS) is 25.2. The molecule has 3 heteroatoms. The molecule has 2 heterocycles. The van der Waals surface area contributed by atoms with Crippen LogP contribution in [0.2, 0.25) is 0 Å². The number of hydrogen-bond donors (Lipinski definition) is 1. The van der Waals surface area contributed by atoms with Crippen molar-refractivity contribution in [2.45, 2.75) is 65.0 Å². The van der Waals surface area contributed by atoms with Crippen LogP contribution in [0.5, 0.6) is 0 Å². The first-order valence-corrected chi connectivity index (χ1v) is 6.83. The fourth-order valence-electron chi connectivity index (χ4n) is 2.96. The summed E-state index contributed by atoms with van der Waals surface area (Å²) in [7, 11) is 2.03. The highest BCUT2D eigenvalue weighted by molar-refractivity contribution is 5.24. The molecule has 0 radical (unpaired) electrons. The third-order valence-electron chi connectivity index (χ3n) is 4.11. The predicted octanol–water partition coefficient (Wildman–Crippen LogP) is 2.50. The molecule has 0 aromatic carbocycles. The molecule has 96 valence electrons. The van der Waals surface area contributed by atoms with Gasteiger partial charge in [0.2, 0.25) is 0 Å². The van der Waals surface area contributed by atoms with Gasteiger partial charge in [-0.15, -0.1) is 0 Å². The van der Waals surface area contributed by atoms with E-state index in [2.05, 4.69) is 31.2 Å². The Balaban J connectivity index is 1.93. The van der Waals surface area contributed by atoms with Gasteiger partial charge < -0.3 is 5.32 Å². The van der Waals surface area contributed by atoms with Gasteiger partial charge >= 0.3 is 0 Å². The maximum Gasteiger partial charge on any atom is 0.0628 e. The predicted molar refractivity (Wildman–Crippen MR) is 71.2 cm³/mol. The molecule has 2 atom stereocenters. The molecule has 1 aromatic heterocycles. The smallest absolute Gasteiger partial charge is 0.0628 e. The van der Waals surface area contributed by atoms with Crippen molar-refractivity contribution < 1.29 is 0 Å². The van der Waals surface area contributed by atoms with Crippen LogP contribution in [0.25, 0.3) is 0 Å². The summed E-state index contributed by atoms with van der Waals surface area (Å²) in [6.07, 6.45) is 6.46. The van der Waals surface area contributed by atoms with E-state index in [0.29, 0.717) is 12.1 Å². The fraction of sp³-hybridized carbons (Fsp3) is 0.786. The largest absolute Gasteiger partial charge is 0.311 e. The summed E-state index contributed by atoms with van der Waals surface area (Å²) >= 11 is 0. The molecule has 2 unspecified atom stereocenters. The van der Waals surface area contributed by atoms with E-state index in [-0.39, 0.29) is 0 Å². The van der Waals surface area contributed by atoms with Gasteiger partial charge in [-0.3, -0.25) is 4.68 Å². The van der Waals surface area contributed by atoms with E-state index >= 15 is 0 Å². The molecule has 1 aliphatic rings. The highest BCUT2D eigenvalue weighted by Gasteiger charge is 2.18. The first-order valence-electron chi connectivity index (χ1n) is 6.83. The first-order chi connectivity index (χ1) is 8.08. The quantitative estimate of drug-likeness (QED) is 0.872. The van der Waals surface area contributed by atoms with Crippen molar-refractivity contribution in [2.75, 3.05) is 0 Å². The van der Waals surface area contributed by atoms with Crippen LogP contribution in [0, 0.1) is 13.8 Å². The SMILES string of the molecule is Cc1nn(C)c(C)c1CCC1CCCC(C)N1. The van der Waals surface area contributed by atoms with Crippen molar-refractivity contribution in [3.63, 3.8) is 0 Å². The Morgan fingerprint density at radius 2 is 2.12 bits per heavy atom. The summed E-state index contributed by atoms with van der Waals surface area (Å²) in [4.78, 5) is 0. The van der Waals surface area contributed by atoms with Gasteiger partial charge in [0, 0.05) is 24.8 Å². The molecule has 1 N–H and O–H groups in total. The lowest BCUT2D eigenvalue weighted by molar-refractivity contribution is 0.322. The Morgan fingerprint density at radius 3 is 2.71 bits per heavy atom. The minimum absolute atomic E-state index is 0.699. The maximum absolute atomic E-state index is 4.49. The van der Waals surface area contributed by atoms with Crippen molar-refractivity contribution in [3.8, 4) is 0 Å². The Morgan fingerprint density at radius 1 is 1.35 bits per heavy atom. The van der Waals surface area contributed by atoms with Gasteiger partial charge in [0.25, 0.3) is 0 Å². The zero-order chi connectivity index (χ0) is 12.4. The third kappa shape index (κ3) is 2.89. The molecule has 0 aliphatic carbocycles. The van der Waals surface area contributed by atoms with Crippen LogP contribution in [-0.2, 0) is 13.5 Å². The number of aromatic nitrogens is 2. The average molecular weight is 235 g/mol. The second-order valence-electron chi connectivity index (χ2n) is 5.51. The van der Waals surface area contributed by atoms with E-state index in [9.17, 15) is 0 Å². The topological polar surface area (TPSA) is 29.9 Å². The van der Waals surface area contributed by atoms with Gasteiger partial charge in [-0.05, 0) is 52.0 Å². The van der Waals surface area contributed by atoms with Crippen LogP contribution in [0.1, 0.15) is 49.6 Å². The monoisotopic (exact) mass is 235 g/mol. The number of piperidine rings is 1. The van der Waals surface area contributed by atoms with Gasteiger partial charge in [-0.2, -0.15) is 5.10 Å². The summed E-state index contributed by atoms with van der Waals surface area (Å²) in [6.45, 7) is 6.60. The molecule has 1 aromatic rings. The number of hydrogen-bond acceptors (Lipinski definition) is 2. The minimum Gasteiger partial charge on any atom is -0.311 e. The lowest BCUT2D eigenvalue weighted by atomic mass is 9.94. The molecule has 17 heavy (non-hydrogen) atoms. The van der Waals surface area contributed by atoms with Gasteiger partial charge in [-0.1, -0.05) is 6.42 Å². The van der Waals surface area contributed by atoms with Crippen LogP contribution in [0.15, 0.2) is 0 Å². The van der Waals surface area contributed by atoms with Crippen molar-refractivity contribution >= 4 is 0 Å². The Bertz CT molecular complexity index is 381. The molecule has 1 saturated heterocycles. The summed E-state index contributed by atoms with van der Waals surface area (Å²) in [5, 5.41) is 8.19. The Labute approximate surface area is 105 Å². The summed E-state index contributed by atoms with van der Waals surface area (Å²) in [5.41, 5.74) is 3.98. The van der Waals surface area contributed by atoms with Crippen molar-refractivity contribution in [1.29, 1.82) is 0 Å². The van der Waals surface area contributed by atoms with Crippen LogP contribution < -0.4 is 5.32 Å². The summed E-state index contributed by atoms with van der Waals surface area (Å²) < 4.78 is 2.00. The minimum atomic E-state index is 0.699. The highest BCUT2D eigenvalue weighted by Crippen LogP contribution is 2.19. The Hall–Kier alpha value is -0.830. The van der Waals surface area contributed by atoms with E-state index < -0.39 is 0 Å². The number of aryl methyl sites for hydroxylation is 2. The number of nitrogens with one attached hydrogen (secondary N) is 1. The molecule has 0 saturated carbocycles. The molecule has 1 aliphatic heterocycles. The molecule has 0 spiro atoms. The van der Waals surface area contributed by atoms with E-state index in [1.807, 2.05) is 11.7 Å². The van der Waals surface area contributed by atoms with Gasteiger partial charge in [0.15, 0.2) is 0 Å². The molecule has 1 fully saturated rings. The molecular formula is C14H25N3. The average Bonchev–Trinajstić information content (AvgIpc) is 2.51. The molecule has 3 nitrogen and oxygen atoms in total. The molecule has 0 amide bonds. The van der Waals surface area contributed by atoms with Gasteiger partial charge in [0.1, 0.15) is 0 Å². The fourth-order valence-corrected chi connectivity index (χ4v) is 2.96. The zero-order valence-corrected chi connectivity index (χ0v) is 11.6. The number of rotatable bonds is 3. The number of nitrogens with zero attached hydrogens (tertiary/aromatic N) is 2.